The zero-order valence-electron chi connectivity index (χ0n) is 12.7. The van der Waals surface area contributed by atoms with Gasteiger partial charge in [0.1, 0.15) is 11.3 Å². The lowest BCUT2D eigenvalue weighted by Gasteiger charge is -2.09. The van der Waals surface area contributed by atoms with Gasteiger partial charge < -0.3 is 9.26 Å². The van der Waals surface area contributed by atoms with E-state index >= 15 is 0 Å². The second-order valence-corrected chi connectivity index (χ2v) is 4.64. The van der Waals surface area contributed by atoms with Crippen molar-refractivity contribution in [2.24, 2.45) is 0 Å². The fraction of sp³-hybridized carbons (Fsp3) is 0.267. The number of halogens is 1. The Morgan fingerprint density at radius 1 is 1.30 bits per heavy atom. The summed E-state index contributed by atoms with van der Waals surface area (Å²) >= 11 is 0. The van der Waals surface area contributed by atoms with E-state index in [1.54, 1.807) is 13.0 Å². The first-order valence-electron chi connectivity index (χ1n) is 6.94. The minimum Gasteiger partial charge on any atom is -0.481 e. The molecule has 2 amide bonds. The number of aryl methyl sites for hydroxylation is 2. The number of nitrogens with zero attached hydrogens (tertiary/aromatic N) is 1. The number of ether oxygens (including phenoxy) is 1. The van der Waals surface area contributed by atoms with Crippen molar-refractivity contribution in [3.05, 3.63) is 47.1 Å². The van der Waals surface area contributed by atoms with Crippen molar-refractivity contribution in [3.63, 3.8) is 0 Å². The van der Waals surface area contributed by atoms with Crippen LogP contribution in [-0.2, 0) is 11.2 Å². The van der Waals surface area contributed by atoms with Crippen molar-refractivity contribution >= 4 is 11.8 Å². The first kappa shape index (κ1) is 16.5. The Morgan fingerprint density at radius 3 is 2.74 bits per heavy atom. The van der Waals surface area contributed by atoms with Crippen LogP contribution in [0.1, 0.15) is 28.7 Å². The molecular formula is C15H16FN3O4. The number of carbonyl (C=O) groups excluding carboxylic acids is 2. The highest BCUT2D eigenvalue weighted by molar-refractivity contribution is 5.97. The molecule has 0 aliphatic rings. The Labute approximate surface area is 131 Å². The Morgan fingerprint density at radius 2 is 2.04 bits per heavy atom. The first-order chi connectivity index (χ1) is 11.0. The van der Waals surface area contributed by atoms with Crippen molar-refractivity contribution < 1.29 is 23.2 Å². The zero-order chi connectivity index (χ0) is 16.8. The van der Waals surface area contributed by atoms with Crippen LogP contribution in [0.4, 0.5) is 4.39 Å². The minimum atomic E-state index is -0.631. The molecule has 0 atom stereocenters. The van der Waals surface area contributed by atoms with Crippen LogP contribution in [0.3, 0.4) is 0 Å². The van der Waals surface area contributed by atoms with Gasteiger partial charge in [-0.05, 0) is 25.5 Å². The Hall–Kier alpha value is -2.90. The third-order valence-corrected chi connectivity index (χ3v) is 3.01. The van der Waals surface area contributed by atoms with Gasteiger partial charge in [0.2, 0.25) is 0 Å². The highest BCUT2D eigenvalue weighted by atomic mass is 19.1. The van der Waals surface area contributed by atoms with Crippen LogP contribution in [0.25, 0.3) is 0 Å². The summed E-state index contributed by atoms with van der Waals surface area (Å²) in [7, 11) is 0. The predicted molar refractivity (Wildman–Crippen MR) is 78.1 cm³/mol. The molecule has 0 fully saturated rings. The van der Waals surface area contributed by atoms with Gasteiger partial charge >= 0.3 is 0 Å². The molecule has 0 unspecified atom stereocenters. The molecule has 0 saturated heterocycles. The van der Waals surface area contributed by atoms with Crippen LogP contribution in [0, 0.1) is 12.7 Å². The number of hydrazine groups is 1. The molecule has 2 N–H and O–H groups in total. The van der Waals surface area contributed by atoms with E-state index in [4.69, 9.17) is 9.26 Å². The van der Waals surface area contributed by atoms with E-state index in [0.29, 0.717) is 17.9 Å². The number of nitrogens with one attached hydrogen (secondary N) is 2. The van der Waals surface area contributed by atoms with E-state index < -0.39 is 24.2 Å². The standard InChI is InChI=1S/C15H16FN3O4/c1-3-11-14(9(2)23-19-11)15(21)18-17-13(20)8-22-12-7-5-4-6-10(12)16/h4-7H,3,8H2,1-2H3,(H,17,20)(H,18,21). The number of aromatic nitrogens is 1. The van der Waals surface area contributed by atoms with Gasteiger partial charge in [-0.1, -0.05) is 24.2 Å². The fourth-order valence-electron chi connectivity index (χ4n) is 1.88. The molecule has 0 aliphatic carbocycles. The maximum Gasteiger partial charge on any atom is 0.276 e. The number of benzene rings is 1. The number of carbonyl (C=O) groups is 2. The Bertz CT molecular complexity index is 714. The summed E-state index contributed by atoms with van der Waals surface area (Å²) in [5, 5.41) is 3.75. The predicted octanol–water partition coefficient (Wildman–Crippen LogP) is 1.52. The van der Waals surface area contributed by atoms with Crippen molar-refractivity contribution in [2.75, 3.05) is 6.61 Å². The molecule has 0 radical (unpaired) electrons. The summed E-state index contributed by atoms with van der Waals surface area (Å²) in [6.07, 6.45) is 0.518. The van der Waals surface area contributed by atoms with E-state index in [9.17, 15) is 14.0 Å². The molecular weight excluding hydrogens is 305 g/mol. The summed E-state index contributed by atoms with van der Waals surface area (Å²) < 4.78 is 23.3. The number of hydrogen-bond donors (Lipinski definition) is 2. The summed E-state index contributed by atoms with van der Waals surface area (Å²) in [5.74, 6) is -1.43. The summed E-state index contributed by atoms with van der Waals surface area (Å²) in [5.41, 5.74) is 5.20. The third-order valence-electron chi connectivity index (χ3n) is 3.01. The lowest BCUT2D eigenvalue weighted by Crippen LogP contribution is -2.44. The average Bonchev–Trinajstić information content (AvgIpc) is 2.92. The van der Waals surface area contributed by atoms with Crippen molar-refractivity contribution in [2.45, 2.75) is 20.3 Å². The molecule has 1 aromatic carbocycles. The van der Waals surface area contributed by atoms with Crippen LogP contribution in [-0.4, -0.2) is 23.6 Å². The zero-order valence-corrected chi connectivity index (χ0v) is 12.7. The van der Waals surface area contributed by atoms with Crippen molar-refractivity contribution in [1.82, 2.24) is 16.0 Å². The van der Waals surface area contributed by atoms with Crippen molar-refractivity contribution in [1.29, 1.82) is 0 Å². The second-order valence-electron chi connectivity index (χ2n) is 4.64. The summed E-state index contributed by atoms with van der Waals surface area (Å²) in [6, 6.07) is 5.71. The molecule has 1 aromatic heterocycles. The lowest BCUT2D eigenvalue weighted by molar-refractivity contribution is -0.123. The normalized spacial score (nSPS) is 10.2. The molecule has 2 rings (SSSR count). The fourth-order valence-corrected chi connectivity index (χ4v) is 1.88. The maximum absolute atomic E-state index is 13.3. The van der Waals surface area contributed by atoms with E-state index in [1.165, 1.54) is 18.2 Å². The quantitative estimate of drug-likeness (QED) is 0.815. The topological polar surface area (TPSA) is 93.5 Å². The highest BCUT2D eigenvalue weighted by Crippen LogP contribution is 2.15. The van der Waals surface area contributed by atoms with Crippen LogP contribution in [0.5, 0.6) is 5.75 Å². The number of hydrogen-bond acceptors (Lipinski definition) is 5. The van der Waals surface area contributed by atoms with E-state index in [-0.39, 0.29) is 11.3 Å². The van der Waals surface area contributed by atoms with Gasteiger partial charge in [-0.25, -0.2) is 4.39 Å². The average molecular weight is 321 g/mol. The van der Waals surface area contributed by atoms with Crippen LogP contribution in [0.2, 0.25) is 0 Å². The summed E-state index contributed by atoms with van der Waals surface area (Å²) in [6.45, 7) is 2.99. The smallest absolute Gasteiger partial charge is 0.276 e. The number of rotatable bonds is 5. The maximum atomic E-state index is 13.3. The Balaban J connectivity index is 1.86. The SMILES string of the molecule is CCc1noc(C)c1C(=O)NNC(=O)COc1ccccc1F. The second kappa shape index (κ2) is 7.39. The van der Waals surface area contributed by atoms with Gasteiger partial charge in [0.25, 0.3) is 11.8 Å². The van der Waals surface area contributed by atoms with Gasteiger partial charge in [0, 0.05) is 0 Å². The molecule has 1 heterocycles. The first-order valence-corrected chi connectivity index (χ1v) is 6.94. The summed E-state index contributed by atoms with van der Waals surface area (Å²) in [4.78, 5) is 23.6. The molecule has 0 aliphatic heterocycles. The van der Waals surface area contributed by atoms with E-state index in [0.717, 1.165) is 0 Å². The van der Waals surface area contributed by atoms with Crippen molar-refractivity contribution in [3.8, 4) is 5.75 Å². The molecule has 122 valence electrons. The Kier molecular flexibility index (Phi) is 5.29. The molecule has 23 heavy (non-hydrogen) atoms. The van der Waals surface area contributed by atoms with E-state index in [2.05, 4.69) is 16.0 Å². The largest absolute Gasteiger partial charge is 0.481 e. The van der Waals surface area contributed by atoms with Gasteiger partial charge in [0.15, 0.2) is 18.2 Å². The van der Waals surface area contributed by atoms with Gasteiger partial charge in [-0.15, -0.1) is 0 Å². The molecule has 0 spiro atoms. The molecule has 7 nitrogen and oxygen atoms in total. The molecule has 8 heteroatoms. The van der Waals surface area contributed by atoms with Gasteiger partial charge in [0.05, 0.1) is 5.69 Å². The van der Waals surface area contributed by atoms with E-state index in [1.807, 2.05) is 6.92 Å². The highest BCUT2D eigenvalue weighted by Gasteiger charge is 2.19. The number of amides is 2. The van der Waals surface area contributed by atoms with Crippen LogP contribution >= 0.6 is 0 Å². The monoisotopic (exact) mass is 321 g/mol. The third kappa shape index (κ3) is 4.06. The lowest BCUT2D eigenvalue weighted by atomic mass is 10.1. The molecule has 0 saturated carbocycles. The van der Waals surface area contributed by atoms with Gasteiger partial charge in [-0.3, -0.25) is 20.4 Å². The van der Waals surface area contributed by atoms with Crippen LogP contribution in [0.15, 0.2) is 28.8 Å². The minimum absolute atomic E-state index is 0.0443. The van der Waals surface area contributed by atoms with Gasteiger partial charge in [-0.2, -0.15) is 0 Å². The van der Waals surface area contributed by atoms with Crippen LogP contribution < -0.4 is 15.6 Å². The number of para-hydroxylation sites is 1. The molecule has 2 aromatic rings. The molecule has 0 bridgehead atoms.